The van der Waals surface area contributed by atoms with Gasteiger partial charge in [-0.15, -0.1) is 0 Å². The molecule has 0 aliphatic rings. The van der Waals surface area contributed by atoms with Gasteiger partial charge in [0.25, 0.3) is 0 Å². The summed E-state index contributed by atoms with van der Waals surface area (Å²) < 4.78 is 30.1. The maximum atomic E-state index is 13.1. The molecule has 110 valence electrons. The quantitative estimate of drug-likeness (QED) is 0.807. The fraction of sp³-hybridized carbons (Fsp3) is 0.133. The smallest absolute Gasteiger partial charge is 0.338 e. The van der Waals surface area contributed by atoms with Crippen LogP contribution in [0.5, 0.6) is 0 Å². The summed E-state index contributed by atoms with van der Waals surface area (Å²) in [6.07, 6.45) is 0. The maximum Gasteiger partial charge on any atom is 0.338 e. The highest BCUT2D eigenvalue weighted by Gasteiger charge is 2.15. The predicted octanol–water partition coefficient (Wildman–Crippen LogP) is 3.57. The van der Waals surface area contributed by atoms with Gasteiger partial charge in [-0.1, -0.05) is 29.8 Å². The van der Waals surface area contributed by atoms with E-state index in [1.807, 2.05) is 0 Å². The Balaban J connectivity index is 2.27. The molecular weight excluding hydrogens is 315 g/mol. The molecule has 1 unspecified atom stereocenters. The molecule has 2 aromatic rings. The van der Waals surface area contributed by atoms with Gasteiger partial charge in [0.1, 0.15) is 5.82 Å². The highest BCUT2D eigenvalue weighted by atomic mass is 35.5. The molecule has 0 spiro atoms. The van der Waals surface area contributed by atoms with Crippen molar-refractivity contribution in [1.82, 2.24) is 0 Å². The number of hydrogen-bond acceptors (Lipinski definition) is 3. The highest BCUT2D eigenvalue weighted by molar-refractivity contribution is 7.84. The minimum absolute atomic E-state index is 0.0814. The second-order valence-electron chi connectivity index (χ2n) is 4.21. The van der Waals surface area contributed by atoms with Crippen LogP contribution < -0.4 is 0 Å². The van der Waals surface area contributed by atoms with Crippen molar-refractivity contribution in [2.24, 2.45) is 0 Å². The van der Waals surface area contributed by atoms with E-state index in [4.69, 9.17) is 16.3 Å². The number of rotatable bonds is 4. The molecule has 0 bridgehead atoms. The molecule has 0 aliphatic heterocycles. The zero-order chi connectivity index (χ0) is 15.4. The lowest BCUT2D eigenvalue weighted by Crippen LogP contribution is -2.07. The van der Waals surface area contributed by atoms with E-state index in [2.05, 4.69) is 0 Å². The van der Waals surface area contributed by atoms with Crippen LogP contribution in [0.2, 0.25) is 5.02 Å². The van der Waals surface area contributed by atoms with E-state index in [9.17, 15) is 13.4 Å². The van der Waals surface area contributed by atoms with E-state index < -0.39 is 22.6 Å². The number of carbonyl (C=O) groups excluding carboxylic acids is 1. The third kappa shape index (κ3) is 3.68. The summed E-state index contributed by atoms with van der Waals surface area (Å²) in [6.45, 7) is 0. The minimum Gasteiger partial charge on any atom is -0.465 e. The van der Waals surface area contributed by atoms with Gasteiger partial charge < -0.3 is 4.74 Å². The fourth-order valence-electron chi connectivity index (χ4n) is 1.80. The van der Waals surface area contributed by atoms with E-state index in [0.29, 0.717) is 16.0 Å². The van der Waals surface area contributed by atoms with Crippen LogP contribution in [-0.2, 0) is 21.3 Å². The van der Waals surface area contributed by atoms with Crippen molar-refractivity contribution in [3.8, 4) is 0 Å². The molecule has 21 heavy (non-hydrogen) atoms. The number of hydrogen-bond donors (Lipinski definition) is 0. The second kappa shape index (κ2) is 6.83. The highest BCUT2D eigenvalue weighted by Crippen LogP contribution is 2.21. The van der Waals surface area contributed by atoms with Gasteiger partial charge >= 0.3 is 5.97 Å². The van der Waals surface area contributed by atoms with Crippen molar-refractivity contribution in [2.75, 3.05) is 7.11 Å². The molecule has 0 amide bonds. The van der Waals surface area contributed by atoms with Crippen molar-refractivity contribution in [3.05, 3.63) is 64.4 Å². The van der Waals surface area contributed by atoms with Crippen molar-refractivity contribution < 1.29 is 18.1 Å². The average Bonchev–Trinajstić information content (AvgIpc) is 2.49. The molecule has 0 aliphatic carbocycles. The molecule has 6 heteroatoms. The van der Waals surface area contributed by atoms with Crippen LogP contribution in [0.4, 0.5) is 4.39 Å². The number of ether oxygens (including phenoxy) is 1. The Kier molecular flexibility index (Phi) is 5.09. The van der Waals surface area contributed by atoms with Crippen LogP contribution >= 0.6 is 11.6 Å². The number of benzene rings is 2. The summed E-state index contributed by atoms with van der Waals surface area (Å²) in [4.78, 5) is 12.1. The van der Waals surface area contributed by atoms with Crippen LogP contribution in [-0.4, -0.2) is 17.3 Å². The normalized spacial score (nSPS) is 12.0. The Labute approximate surface area is 129 Å². The molecule has 0 aromatic heterocycles. The fourth-order valence-corrected chi connectivity index (χ4v) is 3.21. The standard InChI is InChI=1S/C15H12ClFO3S/c1-20-15(18)12-5-3-2-4-10(12)9-21(19)11-6-7-14(17)13(16)8-11/h2-8H,9H2,1H3. The van der Waals surface area contributed by atoms with Crippen LogP contribution in [0.1, 0.15) is 15.9 Å². The Morgan fingerprint density at radius 2 is 2.00 bits per heavy atom. The van der Waals surface area contributed by atoms with Gasteiger partial charge in [0.05, 0.1) is 34.2 Å². The van der Waals surface area contributed by atoms with Crippen molar-refractivity contribution in [2.45, 2.75) is 10.6 Å². The van der Waals surface area contributed by atoms with Gasteiger partial charge in [0.15, 0.2) is 0 Å². The lowest BCUT2D eigenvalue weighted by atomic mass is 10.1. The molecule has 1 atom stereocenters. The largest absolute Gasteiger partial charge is 0.465 e. The van der Waals surface area contributed by atoms with Gasteiger partial charge in [-0.3, -0.25) is 4.21 Å². The van der Waals surface area contributed by atoms with Crippen molar-refractivity contribution in [1.29, 1.82) is 0 Å². The zero-order valence-corrected chi connectivity index (χ0v) is 12.7. The monoisotopic (exact) mass is 326 g/mol. The predicted molar refractivity (Wildman–Crippen MR) is 79.3 cm³/mol. The third-order valence-electron chi connectivity index (χ3n) is 2.86. The first-order valence-electron chi connectivity index (χ1n) is 6.02. The Bertz CT molecular complexity index is 703. The van der Waals surface area contributed by atoms with E-state index in [-0.39, 0.29) is 10.8 Å². The Morgan fingerprint density at radius 1 is 1.29 bits per heavy atom. The zero-order valence-electron chi connectivity index (χ0n) is 11.1. The first kappa shape index (κ1) is 15.7. The number of esters is 1. The van der Waals surface area contributed by atoms with Crippen molar-refractivity contribution >= 4 is 28.4 Å². The van der Waals surface area contributed by atoms with Gasteiger partial charge in [-0.05, 0) is 29.8 Å². The first-order valence-corrected chi connectivity index (χ1v) is 7.72. The van der Waals surface area contributed by atoms with Crippen LogP contribution in [0.25, 0.3) is 0 Å². The topological polar surface area (TPSA) is 43.4 Å². The lowest BCUT2D eigenvalue weighted by Gasteiger charge is -2.08. The van der Waals surface area contributed by atoms with Crippen molar-refractivity contribution in [3.63, 3.8) is 0 Å². The second-order valence-corrected chi connectivity index (χ2v) is 6.07. The Morgan fingerprint density at radius 3 is 2.67 bits per heavy atom. The molecular formula is C15H12ClFO3S. The molecule has 0 saturated carbocycles. The molecule has 2 rings (SSSR count). The Hall–Kier alpha value is -1.72. The van der Waals surface area contributed by atoms with Crippen LogP contribution in [0, 0.1) is 5.82 Å². The molecule has 0 heterocycles. The number of carbonyl (C=O) groups is 1. The molecule has 0 fully saturated rings. The molecule has 0 saturated heterocycles. The minimum atomic E-state index is -1.44. The van der Waals surface area contributed by atoms with E-state index in [0.717, 1.165) is 0 Å². The summed E-state index contributed by atoms with van der Waals surface area (Å²) in [5, 5.41) is -0.0814. The number of methoxy groups -OCH3 is 1. The van der Waals surface area contributed by atoms with E-state index in [1.165, 1.54) is 25.3 Å². The molecule has 0 N–H and O–H groups in total. The number of halogens is 2. The third-order valence-corrected chi connectivity index (χ3v) is 4.51. The van der Waals surface area contributed by atoms with E-state index >= 15 is 0 Å². The molecule has 2 aromatic carbocycles. The lowest BCUT2D eigenvalue weighted by molar-refractivity contribution is 0.0600. The first-order chi connectivity index (χ1) is 10.0. The summed E-state index contributed by atoms with van der Waals surface area (Å²) in [5.41, 5.74) is 0.963. The average molecular weight is 327 g/mol. The summed E-state index contributed by atoms with van der Waals surface area (Å²) >= 11 is 5.68. The summed E-state index contributed by atoms with van der Waals surface area (Å²) in [7, 11) is -0.153. The van der Waals surface area contributed by atoms with Crippen LogP contribution in [0.3, 0.4) is 0 Å². The maximum absolute atomic E-state index is 13.1. The summed E-state index contributed by atoms with van der Waals surface area (Å²) in [5.74, 6) is -0.931. The molecule has 3 nitrogen and oxygen atoms in total. The van der Waals surface area contributed by atoms with Gasteiger partial charge in [0, 0.05) is 4.90 Å². The van der Waals surface area contributed by atoms with Gasteiger partial charge in [-0.2, -0.15) is 0 Å². The van der Waals surface area contributed by atoms with Gasteiger partial charge in [-0.25, -0.2) is 9.18 Å². The SMILES string of the molecule is COC(=O)c1ccccc1CS(=O)c1ccc(F)c(Cl)c1. The van der Waals surface area contributed by atoms with Gasteiger partial charge in [0.2, 0.25) is 0 Å². The molecule has 0 radical (unpaired) electrons. The van der Waals surface area contributed by atoms with Crippen LogP contribution in [0.15, 0.2) is 47.4 Å². The van der Waals surface area contributed by atoms with E-state index in [1.54, 1.807) is 24.3 Å². The summed E-state index contributed by atoms with van der Waals surface area (Å²) in [6, 6.07) is 10.7.